The first kappa shape index (κ1) is 17.7. The summed E-state index contributed by atoms with van der Waals surface area (Å²) in [5.74, 6) is 0.0460. The molecule has 1 saturated heterocycles. The van der Waals surface area contributed by atoms with E-state index in [9.17, 15) is 4.79 Å². The smallest absolute Gasteiger partial charge is 0.270 e. The number of carbonyl (C=O) groups excluding carboxylic acids is 1. The first-order chi connectivity index (χ1) is 13.2. The summed E-state index contributed by atoms with van der Waals surface area (Å²) in [6.45, 7) is 5.49. The summed E-state index contributed by atoms with van der Waals surface area (Å²) in [6.07, 6.45) is 5.69. The minimum Gasteiger partial charge on any atom is -0.463 e. The molecule has 27 heavy (non-hydrogen) atoms. The molecule has 1 aromatic carbocycles. The zero-order valence-corrected chi connectivity index (χ0v) is 16.0. The minimum atomic E-state index is 0.0460. The van der Waals surface area contributed by atoms with Crippen LogP contribution < -0.4 is 4.90 Å². The number of aromatic nitrogens is 1. The molecule has 0 bridgehead atoms. The van der Waals surface area contributed by atoms with Gasteiger partial charge < -0.3 is 18.8 Å². The Morgan fingerprint density at radius 2 is 1.96 bits per heavy atom. The van der Waals surface area contributed by atoms with Gasteiger partial charge in [-0.2, -0.15) is 0 Å². The van der Waals surface area contributed by atoms with E-state index in [-0.39, 0.29) is 5.91 Å². The summed E-state index contributed by atoms with van der Waals surface area (Å²) in [6, 6.07) is 11.6. The third-order valence-electron chi connectivity index (χ3n) is 5.03. The van der Waals surface area contributed by atoms with Crippen LogP contribution in [0.2, 0.25) is 5.02 Å². The number of rotatable bonds is 4. The first-order valence-electron chi connectivity index (χ1n) is 9.15. The summed E-state index contributed by atoms with van der Waals surface area (Å²) in [5, 5.41) is 0.748. The number of carbonyl (C=O) groups is 1. The second kappa shape index (κ2) is 7.53. The van der Waals surface area contributed by atoms with Crippen LogP contribution in [-0.4, -0.2) is 41.6 Å². The average molecular weight is 384 g/mol. The number of allylic oxidation sites excluding steroid dienone is 2. The molecule has 6 heteroatoms. The van der Waals surface area contributed by atoms with Crippen molar-refractivity contribution in [2.24, 2.45) is 0 Å². The highest BCUT2D eigenvalue weighted by Gasteiger charge is 2.26. The molecule has 1 fully saturated rings. The van der Waals surface area contributed by atoms with Crippen LogP contribution in [0.25, 0.3) is 11.1 Å². The summed E-state index contributed by atoms with van der Waals surface area (Å²) < 4.78 is 7.52. The van der Waals surface area contributed by atoms with Gasteiger partial charge in [-0.25, -0.2) is 0 Å². The standard InChI is InChI=1S/C21H22ClN3O2/c1-2-3-9-25-18-8-14-27-20(18)15-19(25)21(26)24-12-10-23(11-13-24)17-7-5-4-6-16(17)22/h2-8,14-15H,9-13H2,1H3/b3-2-. The third kappa shape index (κ3) is 3.35. The van der Waals surface area contributed by atoms with Gasteiger partial charge in [-0.1, -0.05) is 35.9 Å². The lowest BCUT2D eigenvalue weighted by molar-refractivity contribution is 0.0737. The number of halogens is 1. The highest BCUT2D eigenvalue weighted by Crippen LogP contribution is 2.27. The SMILES string of the molecule is C/C=C\Cn1c(C(=O)N2CCN(c3ccccc3Cl)CC2)cc2occc21. The van der Waals surface area contributed by atoms with Crippen LogP contribution in [0.1, 0.15) is 17.4 Å². The quantitative estimate of drug-likeness (QED) is 0.626. The number of piperazine rings is 1. The van der Waals surface area contributed by atoms with Gasteiger partial charge in [0.25, 0.3) is 5.91 Å². The second-order valence-corrected chi connectivity index (χ2v) is 7.02. The lowest BCUT2D eigenvalue weighted by atomic mass is 10.2. The van der Waals surface area contributed by atoms with E-state index in [1.807, 2.05) is 64.9 Å². The lowest BCUT2D eigenvalue weighted by Crippen LogP contribution is -2.49. The van der Waals surface area contributed by atoms with Gasteiger partial charge in [-0.05, 0) is 19.1 Å². The topological polar surface area (TPSA) is 41.6 Å². The van der Waals surface area contributed by atoms with Crippen LogP contribution in [0.5, 0.6) is 0 Å². The molecule has 2 aromatic heterocycles. The molecule has 1 aliphatic rings. The highest BCUT2D eigenvalue weighted by atomic mass is 35.5. The van der Waals surface area contributed by atoms with Gasteiger partial charge in [-0.15, -0.1) is 0 Å². The van der Waals surface area contributed by atoms with Crippen molar-refractivity contribution in [2.45, 2.75) is 13.5 Å². The van der Waals surface area contributed by atoms with Crippen molar-refractivity contribution in [3.05, 3.63) is 65.5 Å². The van der Waals surface area contributed by atoms with Gasteiger partial charge >= 0.3 is 0 Å². The van der Waals surface area contributed by atoms with Gasteiger partial charge in [0.2, 0.25) is 0 Å². The van der Waals surface area contributed by atoms with Crippen molar-refractivity contribution in [1.82, 2.24) is 9.47 Å². The number of fused-ring (bicyclic) bond motifs is 1. The predicted molar refractivity (Wildman–Crippen MR) is 109 cm³/mol. The molecule has 4 rings (SSSR count). The molecule has 0 unspecified atom stereocenters. The van der Waals surface area contributed by atoms with E-state index in [0.29, 0.717) is 25.3 Å². The van der Waals surface area contributed by atoms with E-state index in [1.54, 1.807) is 6.26 Å². The molecule has 3 aromatic rings. The fourth-order valence-electron chi connectivity index (χ4n) is 3.58. The number of amides is 1. The maximum Gasteiger partial charge on any atom is 0.270 e. The molecular formula is C21H22ClN3O2. The van der Waals surface area contributed by atoms with Gasteiger partial charge in [0.15, 0.2) is 5.58 Å². The molecule has 140 valence electrons. The molecule has 0 saturated carbocycles. The first-order valence-corrected chi connectivity index (χ1v) is 9.53. The summed E-state index contributed by atoms with van der Waals surface area (Å²) >= 11 is 6.31. The van der Waals surface area contributed by atoms with E-state index in [4.69, 9.17) is 16.0 Å². The summed E-state index contributed by atoms with van der Waals surface area (Å²) in [7, 11) is 0. The Morgan fingerprint density at radius 3 is 2.70 bits per heavy atom. The molecule has 0 radical (unpaired) electrons. The second-order valence-electron chi connectivity index (χ2n) is 6.61. The Hall–Kier alpha value is -2.66. The number of hydrogen-bond donors (Lipinski definition) is 0. The van der Waals surface area contributed by atoms with Gasteiger partial charge in [0.05, 0.1) is 22.5 Å². The highest BCUT2D eigenvalue weighted by molar-refractivity contribution is 6.33. The molecule has 3 heterocycles. The van der Waals surface area contributed by atoms with Crippen molar-refractivity contribution in [2.75, 3.05) is 31.1 Å². The number of hydrogen-bond acceptors (Lipinski definition) is 3. The van der Waals surface area contributed by atoms with Crippen LogP contribution in [0.4, 0.5) is 5.69 Å². The van der Waals surface area contributed by atoms with Gasteiger partial charge in [0.1, 0.15) is 5.69 Å². The zero-order valence-electron chi connectivity index (χ0n) is 15.3. The molecule has 1 aliphatic heterocycles. The maximum absolute atomic E-state index is 13.2. The molecular weight excluding hydrogens is 362 g/mol. The monoisotopic (exact) mass is 383 g/mol. The molecule has 1 amide bonds. The maximum atomic E-state index is 13.2. The molecule has 0 atom stereocenters. The molecule has 0 spiro atoms. The number of furan rings is 1. The Kier molecular flexibility index (Phi) is 4.94. The van der Waals surface area contributed by atoms with Crippen molar-refractivity contribution in [3.63, 3.8) is 0 Å². The Balaban J connectivity index is 1.52. The Morgan fingerprint density at radius 1 is 1.19 bits per heavy atom. The normalized spacial score (nSPS) is 15.2. The summed E-state index contributed by atoms with van der Waals surface area (Å²) in [5.41, 5.74) is 3.40. The van der Waals surface area contributed by atoms with Crippen molar-refractivity contribution >= 4 is 34.3 Å². The van der Waals surface area contributed by atoms with E-state index in [0.717, 1.165) is 34.9 Å². The van der Waals surface area contributed by atoms with Gasteiger partial charge in [0, 0.05) is 44.9 Å². The Bertz CT molecular complexity index is 980. The van der Waals surface area contributed by atoms with Crippen LogP contribution in [0.15, 0.2) is 59.2 Å². The fourth-order valence-corrected chi connectivity index (χ4v) is 3.84. The molecule has 0 N–H and O–H groups in total. The number of anilines is 1. The van der Waals surface area contributed by atoms with Crippen molar-refractivity contribution < 1.29 is 9.21 Å². The van der Waals surface area contributed by atoms with Crippen LogP contribution in [-0.2, 0) is 6.54 Å². The van der Waals surface area contributed by atoms with Crippen molar-refractivity contribution in [3.8, 4) is 0 Å². The predicted octanol–water partition coefficient (Wildman–Crippen LogP) is 4.43. The lowest BCUT2D eigenvalue weighted by Gasteiger charge is -2.36. The van der Waals surface area contributed by atoms with E-state index in [2.05, 4.69) is 4.90 Å². The van der Waals surface area contributed by atoms with E-state index >= 15 is 0 Å². The third-order valence-corrected chi connectivity index (χ3v) is 5.35. The largest absolute Gasteiger partial charge is 0.463 e. The van der Waals surface area contributed by atoms with Crippen LogP contribution >= 0.6 is 11.6 Å². The summed E-state index contributed by atoms with van der Waals surface area (Å²) in [4.78, 5) is 17.3. The number of benzene rings is 1. The fraction of sp³-hybridized carbons (Fsp3) is 0.286. The zero-order chi connectivity index (χ0) is 18.8. The van der Waals surface area contributed by atoms with Crippen LogP contribution in [0.3, 0.4) is 0 Å². The van der Waals surface area contributed by atoms with Gasteiger partial charge in [-0.3, -0.25) is 4.79 Å². The van der Waals surface area contributed by atoms with E-state index < -0.39 is 0 Å². The number of nitrogens with zero attached hydrogens (tertiary/aromatic N) is 3. The van der Waals surface area contributed by atoms with Crippen LogP contribution in [0, 0.1) is 0 Å². The number of para-hydroxylation sites is 1. The minimum absolute atomic E-state index is 0.0460. The van der Waals surface area contributed by atoms with Crippen molar-refractivity contribution in [1.29, 1.82) is 0 Å². The van der Waals surface area contributed by atoms with E-state index in [1.165, 1.54) is 0 Å². The molecule has 0 aliphatic carbocycles. The average Bonchev–Trinajstić information content (AvgIpc) is 3.28. The Labute approximate surface area is 163 Å². The molecule has 5 nitrogen and oxygen atoms in total.